The number of thioether (sulfide) groups is 1. The van der Waals surface area contributed by atoms with Gasteiger partial charge in [-0.1, -0.05) is 25.2 Å². The molecule has 8 heteroatoms. The van der Waals surface area contributed by atoms with Crippen molar-refractivity contribution in [1.82, 2.24) is 9.97 Å². The second-order valence-corrected chi connectivity index (χ2v) is 8.47. The van der Waals surface area contributed by atoms with E-state index in [4.69, 9.17) is 4.74 Å². The highest BCUT2D eigenvalue weighted by Crippen LogP contribution is 2.29. The number of aromatic nitrogens is 2. The van der Waals surface area contributed by atoms with Crippen LogP contribution in [0.15, 0.2) is 35.4 Å². The van der Waals surface area contributed by atoms with Crippen LogP contribution in [0.25, 0.3) is 10.2 Å². The molecule has 0 unspecified atom stereocenters. The normalized spacial score (nSPS) is 10.8. The molecule has 2 aromatic heterocycles. The lowest BCUT2D eigenvalue weighted by molar-refractivity contribution is -0.115. The Labute approximate surface area is 172 Å². The molecule has 2 heterocycles. The van der Waals surface area contributed by atoms with Gasteiger partial charge in [0.15, 0.2) is 5.13 Å². The van der Waals surface area contributed by atoms with Crippen LogP contribution in [0.5, 0.6) is 5.75 Å². The van der Waals surface area contributed by atoms with Gasteiger partial charge in [0.25, 0.3) is 0 Å². The Balaban J connectivity index is 1.59. The largest absolute Gasteiger partial charge is 0.497 e. The average molecular weight is 413 g/mol. The number of hydrogen-bond acceptors (Lipinski definition) is 7. The van der Waals surface area contributed by atoms with Crippen molar-refractivity contribution in [2.75, 3.05) is 18.2 Å². The number of methoxy groups -OCH3 is 1. The van der Waals surface area contributed by atoms with E-state index in [9.17, 15) is 10.1 Å². The summed E-state index contributed by atoms with van der Waals surface area (Å²) in [5.74, 6) is 1.47. The van der Waals surface area contributed by atoms with Gasteiger partial charge in [-0.25, -0.2) is 9.97 Å². The van der Waals surface area contributed by atoms with Crippen LogP contribution in [0.4, 0.5) is 5.13 Å². The Morgan fingerprint density at radius 1 is 1.32 bits per heavy atom. The number of thiazole rings is 1. The van der Waals surface area contributed by atoms with Crippen molar-refractivity contribution in [2.45, 2.75) is 31.2 Å². The molecular formula is C20H20N4O2S2. The molecule has 144 valence electrons. The maximum Gasteiger partial charge on any atom is 0.226 e. The fourth-order valence-electron chi connectivity index (χ4n) is 2.48. The highest BCUT2D eigenvalue weighted by atomic mass is 32.2. The van der Waals surface area contributed by atoms with Gasteiger partial charge in [-0.2, -0.15) is 5.26 Å². The molecule has 0 radical (unpaired) electrons. The molecule has 0 fully saturated rings. The molecule has 0 saturated carbocycles. The maximum absolute atomic E-state index is 12.3. The number of nitrogens with one attached hydrogen (secondary N) is 1. The molecule has 0 bridgehead atoms. The Morgan fingerprint density at radius 2 is 2.14 bits per heavy atom. The van der Waals surface area contributed by atoms with Crippen LogP contribution in [0.3, 0.4) is 0 Å². The molecule has 0 atom stereocenters. The fraction of sp³-hybridized carbons (Fsp3) is 0.300. The predicted octanol–water partition coefficient (Wildman–Crippen LogP) is 4.82. The summed E-state index contributed by atoms with van der Waals surface area (Å²) in [6, 6.07) is 11.4. The molecular weight excluding hydrogens is 392 g/mol. The summed E-state index contributed by atoms with van der Waals surface area (Å²) in [6.07, 6.45) is 0.308. The summed E-state index contributed by atoms with van der Waals surface area (Å²) >= 11 is 2.84. The number of pyridine rings is 1. The van der Waals surface area contributed by atoms with Crippen molar-refractivity contribution in [3.05, 3.63) is 41.6 Å². The van der Waals surface area contributed by atoms with Crippen molar-refractivity contribution in [3.8, 4) is 11.8 Å². The van der Waals surface area contributed by atoms with Crippen LogP contribution in [-0.4, -0.2) is 28.7 Å². The Kier molecular flexibility index (Phi) is 6.49. The third-order valence-corrected chi connectivity index (χ3v) is 5.93. The molecule has 3 aromatic rings. The fourth-order valence-corrected chi connectivity index (χ4v) is 4.31. The highest BCUT2D eigenvalue weighted by molar-refractivity contribution is 7.99. The van der Waals surface area contributed by atoms with Crippen molar-refractivity contribution in [1.29, 1.82) is 5.26 Å². The third-order valence-electron chi connectivity index (χ3n) is 4.00. The van der Waals surface area contributed by atoms with Crippen LogP contribution < -0.4 is 10.1 Å². The van der Waals surface area contributed by atoms with E-state index in [1.54, 1.807) is 13.2 Å². The van der Waals surface area contributed by atoms with Crippen molar-refractivity contribution >= 4 is 44.4 Å². The lowest BCUT2D eigenvalue weighted by atomic mass is 10.1. The quantitative estimate of drug-likeness (QED) is 0.560. The Morgan fingerprint density at radius 3 is 2.86 bits per heavy atom. The van der Waals surface area contributed by atoms with Gasteiger partial charge in [0.05, 0.1) is 22.9 Å². The summed E-state index contributed by atoms with van der Waals surface area (Å²) in [4.78, 5) is 21.2. The van der Waals surface area contributed by atoms with E-state index in [-0.39, 0.29) is 11.8 Å². The van der Waals surface area contributed by atoms with Crippen LogP contribution >= 0.6 is 23.1 Å². The topological polar surface area (TPSA) is 87.9 Å². The van der Waals surface area contributed by atoms with E-state index in [0.717, 1.165) is 21.7 Å². The summed E-state index contributed by atoms with van der Waals surface area (Å²) in [6.45, 7) is 4.12. The van der Waals surface area contributed by atoms with Crippen molar-refractivity contribution < 1.29 is 9.53 Å². The van der Waals surface area contributed by atoms with Crippen LogP contribution in [0, 0.1) is 11.3 Å². The van der Waals surface area contributed by atoms with Crippen molar-refractivity contribution in [2.24, 2.45) is 0 Å². The standard InChI is InChI=1S/C20H20N4O2S2/c1-12(2)15-6-4-13(11-21)19(22-15)27-9-8-18(25)24-20-23-16-7-5-14(26-3)10-17(16)28-20/h4-7,10,12H,8-9H2,1-3H3,(H,23,24,25). The Bertz CT molecular complexity index is 1040. The number of benzene rings is 1. The van der Waals surface area contributed by atoms with E-state index in [0.29, 0.717) is 27.9 Å². The first-order chi connectivity index (χ1) is 13.5. The van der Waals surface area contributed by atoms with Gasteiger partial charge in [-0.3, -0.25) is 4.79 Å². The maximum atomic E-state index is 12.3. The minimum absolute atomic E-state index is 0.114. The molecule has 0 aliphatic carbocycles. The zero-order chi connectivity index (χ0) is 20.1. The number of carbonyl (C=O) groups is 1. The number of ether oxygens (including phenoxy) is 1. The van der Waals surface area contributed by atoms with E-state index in [1.807, 2.05) is 24.3 Å². The number of nitriles is 1. The monoisotopic (exact) mass is 412 g/mol. The predicted molar refractivity (Wildman–Crippen MR) is 113 cm³/mol. The molecule has 6 nitrogen and oxygen atoms in total. The lowest BCUT2D eigenvalue weighted by Crippen LogP contribution is -2.12. The molecule has 0 aliphatic heterocycles. The number of nitrogens with zero attached hydrogens (tertiary/aromatic N) is 3. The SMILES string of the molecule is COc1ccc2nc(NC(=O)CCSc3nc(C(C)C)ccc3C#N)sc2c1. The first kappa shape index (κ1) is 20.1. The first-order valence-corrected chi connectivity index (χ1v) is 10.6. The smallest absolute Gasteiger partial charge is 0.226 e. The summed E-state index contributed by atoms with van der Waals surface area (Å²) < 4.78 is 6.17. The molecule has 1 aromatic carbocycles. The number of carbonyl (C=O) groups excluding carboxylic acids is 1. The van der Waals surface area contributed by atoms with E-state index >= 15 is 0 Å². The van der Waals surface area contributed by atoms with Gasteiger partial charge in [0, 0.05) is 17.9 Å². The zero-order valence-corrected chi connectivity index (χ0v) is 17.5. The number of hydrogen-bond donors (Lipinski definition) is 1. The van der Waals surface area contributed by atoms with Gasteiger partial charge in [-0.05, 0) is 36.2 Å². The lowest BCUT2D eigenvalue weighted by Gasteiger charge is -2.08. The summed E-state index contributed by atoms with van der Waals surface area (Å²) in [7, 11) is 1.62. The van der Waals surface area contributed by atoms with E-state index in [2.05, 4.69) is 35.2 Å². The molecule has 0 aliphatic rings. The number of anilines is 1. The van der Waals surface area contributed by atoms with Gasteiger partial charge in [0.2, 0.25) is 5.91 Å². The number of amides is 1. The zero-order valence-electron chi connectivity index (χ0n) is 15.9. The number of fused-ring (bicyclic) bond motifs is 1. The molecule has 1 N–H and O–H groups in total. The van der Waals surface area contributed by atoms with Gasteiger partial charge >= 0.3 is 0 Å². The third kappa shape index (κ3) is 4.80. The van der Waals surface area contributed by atoms with Crippen LogP contribution in [0.2, 0.25) is 0 Å². The molecule has 0 spiro atoms. The Hall–Kier alpha value is -2.63. The highest BCUT2D eigenvalue weighted by Gasteiger charge is 2.12. The van der Waals surface area contributed by atoms with Crippen LogP contribution in [-0.2, 0) is 4.79 Å². The van der Waals surface area contributed by atoms with E-state index < -0.39 is 0 Å². The second-order valence-electron chi connectivity index (χ2n) is 6.35. The summed E-state index contributed by atoms with van der Waals surface area (Å²) in [5.41, 5.74) is 2.30. The van der Waals surface area contributed by atoms with Gasteiger partial charge in [0.1, 0.15) is 16.8 Å². The number of rotatable bonds is 7. The van der Waals surface area contributed by atoms with Crippen LogP contribution in [0.1, 0.15) is 37.4 Å². The molecule has 28 heavy (non-hydrogen) atoms. The van der Waals surface area contributed by atoms with Gasteiger partial charge in [-0.15, -0.1) is 11.8 Å². The minimum Gasteiger partial charge on any atom is -0.497 e. The summed E-state index contributed by atoms with van der Waals surface area (Å²) in [5, 5.41) is 13.3. The second kappa shape index (κ2) is 9.04. The molecule has 3 rings (SSSR count). The molecule has 0 saturated heterocycles. The van der Waals surface area contributed by atoms with Gasteiger partial charge < -0.3 is 10.1 Å². The minimum atomic E-state index is -0.114. The first-order valence-electron chi connectivity index (χ1n) is 8.78. The molecule has 1 amide bonds. The van der Waals surface area contributed by atoms with E-state index in [1.165, 1.54) is 23.1 Å². The van der Waals surface area contributed by atoms with Crippen molar-refractivity contribution in [3.63, 3.8) is 0 Å². The average Bonchev–Trinajstić information content (AvgIpc) is 3.08.